The minimum atomic E-state index is -5.13. The molecule has 2 atom stereocenters. The first kappa shape index (κ1) is 36.5. The van der Waals surface area contributed by atoms with Crippen molar-refractivity contribution < 1.29 is 52.7 Å². The molecule has 48 heavy (non-hydrogen) atoms. The van der Waals surface area contributed by atoms with Crippen molar-refractivity contribution in [2.24, 2.45) is 0 Å². The van der Waals surface area contributed by atoms with Crippen molar-refractivity contribution >= 4 is 23.0 Å². The Bertz CT molecular complexity index is 1640. The molecular formula is C32H23F12N3S. The number of thiocarbonyl (C=S) groups is 1. The number of nitrogens with one attached hydrogen (secondary N) is 3. The summed E-state index contributed by atoms with van der Waals surface area (Å²) in [5, 5.41) is 7.70. The second-order valence-electron chi connectivity index (χ2n) is 10.5. The van der Waals surface area contributed by atoms with Crippen LogP contribution in [0.25, 0.3) is 0 Å². The zero-order valence-corrected chi connectivity index (χ0v) is 24.9. The quantitative estimate of drug-likeness (QED) is 0.126. The highest BCUT2D eigenvalue weighted by molar-refractivity contribution is 7.80. The molecule has 0 unspecified atom stereocenters. The molecule has 0 aliphatic rings. The summed E-state index contributed by atoms with van der Waals surface area (Å²) in [6, 6.07) is 16.0. The average molecular weight is 710 g/mol. The van der Waals surface area contributed by atoms with Crippen molar-refractivity contribution in [2.45, 2.75) is 43.3 Å². The molecule has 0 heterocycles. The number of hydrogen-bond acceptors (Lipinski definition) is 2. The topological polar surface area (TPSA) is 36.1 Å². The summed E-state index contributed by atoms with van der Waals surface area (Å²) in [6.45, 7) is -0.527. The van der Waals surface area contributed by atoms with Crippen LogP contribution in [0.15, 0.2) is 97.1 Å². The van der Waals surface area contributed by atoms with Gasteiger partial charge >= 0.3 is 24.7 Å². The summed E-state index contributed by atoms with van der Waals surface area (Å²) in [7, 11) is 0. The highest BCUT2D eigenvalue weighted by Gasteiger charge is 2.38. The molecule has 3 nitrogen and oxygen atoms in total. The van der Waals surface area contributed by atoms with E-state index in [1.807, 2.05) is 0 Å². The Morgan fingerprint density at radius 3 is 1.29 bits per heavy atom. The van der Waals surface area contributed by atoms with Crippen LogP contribution in [0.4, 0.5) is 58.4 Å². The number of hydrogen-bond donors (Lipinski definition) is 3. The Morgan fingerprint density at radius 2 is 0.896 bits per heavy atom. The van der Waals surface area contributed by atoms with E-state index in [2.05, 4.69) is 16.0 Å². The van der Waals surface area contributed by atoms with Crippen LogP contribution in [0.2, 0.25) is 0 Å². The van der Waals surface area contributed by atoms with Gasteiger partial charge in [-0.25, -0.2) is 0 Å². The molecule has 0 aromatic heterocycles. The van der Waals surface area contributed by atoms with Gasteiger partial charge in [0.1, 0.15) is 0 Å². The Kier molecular flexibility index (Phi) is 10.7. The Hall–Kier alpha value is -4.31. The summed E-state index contributed by atoms with van der Waals surface area (Å²) in [5.41, 5.74) is -6.33. The number of alkyl halides is 12. The van der Waals surface area contributed by atoms with E-state index in [1.54, 1.807) is 60.7 Å². The summed E-state index contributed by atoms with van der Waals surface area (Å²) >= 11 is 5.29. The fraction of sp³-hybridized carbons (Fsp3) is 0.219. The Balaban J connectivity index is 1.72. The Labute approximate surface area is 271 Å². The van der Waals surface area contributed by atoms with Crippen molar-refractivity contribution in [2.75, 3.05) is 5.32 Å². The SMILES string of the molecule is FC(F)(F)c1cc(CN[C@H](c2ccccc2)[C@H](NC(=S)Nc2cc(C(F)(F)F)cc(C(F)(F)F)c2)c2ccccc2)cc(C(F)(F)F)c1. The van der Waals surface area contributed by atoms with Crippen LogP contribution in [-0.4, -0.2) is 5.11 Å². The second kappa shape index (κ2) is 14.0. The molecule has 4 aromatic carbocycles. The molecule has 0 aliphatic heterocycles. The van der Waals surface area contributed by atoms with Crippen molar-refractivity contribution in [3.8, 4) is 0 Å². The van der Waals surface area contributed by atoms with Gasteiger partial charge in [0, 0.05) is 12.2 Å². The molecule has 4 rings (SSSR count). The standard InChI is InChI=1S/C32H23F12N3S/c33-29(34,35)21-11-18(12-22(13-21)30(36,37)38)17-45-26(19-7-3-1-4-8-19)27(20-9-5-2-6-10-20)47-28(48)46-25-15-23(31(39,40)41)14-24(16-25)32(42,43)44/h1-16,26-27,45H,17H2,(H2,46,47,48)/t26-,27-/m1/s1. The molecule has 0 amide bonds. The smallest absolute Gasteiger partial charge is 0.354 e. The van der Waals surface area contributed by atoms with E-state index in [0.29, 0.717) is 35.4 Å². The third-order valence-electron chi connectivity index (χ3n) is 6.96. The van der Waals surface area contributed by atoms with E-state index in [4.69, 9.17) is 12.2 Å². The predicted octanol–water partition coefficient (Wildman–Crippen LogP) is 10.3. The van der Waals surface area contributed by atoms with E-state index in [0.717, 1.165) is 0 Å². The highest BCUT2D eigenvalue weighted by Crippen LogP contribution is 2.39. The first-order valence-electron chi connectivity index (χ1n) is 13.7. The molecule has 0 aliphatic carbocycles. The summed E-state index contributed by atoms with van der Waals surface area (Å²) in [5.74, 6) is 0. The highest BCUT2D eigenvalue weighted by atomic mass is 32.1. The molecule has 4 aromatic rings. The molecular weight excluding hydrogens is 686 g/mol. The van der Waals surface area contributed by atoms with Crippen molar-refractivity contribution in [3.63, 3.8) is 0 Å². The zero-order chi connectivity index (χ0) is 35.5. The van der Waals surface area contributed by atoms with Crippen LogP contribution in [0.3, 0.4) is 0 Å². The molecule has 0 bridgehead atoms. The van der Waals surface area contributed by atoms with Gasteiger partial charge in [0.25, 0.3) is 0 Å². The van der Waals surface area contributed by atoms with Gasteiger partial charge in [-0.15, -0.1) is 0 Å². The Morgan fingerprint density at radius 1 is 0.521 bits per heavy atom. The van der Waals surface area contributed by atoms with Crippen LogP contribution < -0.4 is 16.0 Å². The van der Waals surface area contributed by atoms with Gasteiger partial charge in [-0.1, -0.05) is 60.7 Å². The first-order valence-corrected chi connectivity index (χ1v) is 14.1. The summed E-state index contributed by atoms with van der Waals surface area (Å²) < 4.78 is 162. The fourth-order valence-corrected chi connectivity index (χ4v) is 5.04. The minimum absolute atomic E-state index is 0.00536. The number of anilines is 1. The fourth-order valence-electron chi connectivity index (χ4n) is 4.79. The van der Waals surface area contributed by atoms with E-state index in [1.165, 1.54) is 0 Å². The molecule has 0 fully saturated rings. The number of benzene rings is 4. The lowest BCUT2D eigenvalue weighted by Gasteiger charge is -2.31. The van der Waals surface area contributed by atoms with Crippen LogP contribution in [-0.2, 0) is 31.2 Å². The lowest BCUT2D eigenvalue weighted by atomic mass is 9.93. The van der Waals surface area contributed by atoms with Gasteiger partial charge in [0.05, 0.1) is 34.3 Å². The van der Waals surface area contributed by atoms with E-state index < -0.39 is 76.4 Å². The third kappa shape index (κ3) is 9.62. The van der Waals surface area contributed by atoms with Crippen molar-refractivity contribution in [1.82, 2.24) is 10.6 Å². The van der Waals surface area contributed by atoms with Gasteiger partial charge in [0.15, 0.2) is 5.11 Å². The third-order valence-corrected chi connectivity index (χ3v) is 7.18. The van der Waals surface area contributed by atoms with Gasteiger partial charge in [-0.3, -0.25) is 0 Å². The summed E-state index contributed by atoms with van der Waals surface area (Å²) in [4.78, 5) is 0. The van der Waals surface area contributed by atoms with Crippen LogP contribution in [0.1, 0.15) is 51.0 Å². The predicted molar refractivity (Wildman–Crippen MR) is 157 cm³/mol. The largest absolute Gasteiger partial charge is 0.416 e. The molecule has 16 heteroatoms. The van der Waals surface area contributed by atoms with E-state index in [-0.39, 0.29) is 17.7 Å². The lowest BCUT2D eigenvalue weighted by molar-refractivity contribution is -0.144. The van der Waals surface area contributed by atoms with Crippen LogP contribution >= 0.6 is 12.2 Å². The van der Waals surface area contributed by atoms with E-state index in [9.17, 15) is 52.7 Å². The van der Waals surface area contributed by atoms with Crippen LogP contribution in [0, 0.1) is 0 Å². The normalized spacial score (nSPS) is 13.9. The monoisotopic (exact) mass is 709 g/mol. The first-order chi connectivity index (χ1) is 22.2. The second-order valence-corrected chi connectivity index (χ2v) is 10.9. The van der Waals surface area contributed by atoms with Gasteiger partial charge < -0.3 is 16.0 Å². The maximum absolute atomic E-state index is 13.5. The lowest BCUT2D eigenvalue weighted by Crippen LogP contribution is -2.40. The van der Waals surface area contributed by atoms with Gasteiger partial charge in [-0.2, -0.15) is 52.7 Å². The van der Waals surface area contributed by atoms with Crippen LogP contribution in [0.5, 0.6) is 0 Å². The molecule has 0 saturated heterocycles. The maximum Gasteiger partial charge on any atom is 0.416 e. The van der Waals surface area contributed by atoms with E-state index >= 15 is 0 Å². The maximum atomic E-state index is 13.5. The molecule has 0 spiro atoms. The summed E-state index contributed by atoms with van der Waals surface area (Å²) in [6.07, 6.45) is -20.4. The van der Waals surface area contributed by atoms with Gasteiger partial charge in [-0.05, 0) is 65.3 Å². The molecule has 0 saturated carbocycles. The van der Waals surface area contributed by atoms with Gasteiger partial charge in [0.2, 0.25) is 0 Å². The minimum Gasteiger partial charge on any atom is -0.354 e. The van der Waals surface area contributed by atoms with Crippen molar-refractivity contribution in [1.29, 1.82) is 0 Å². The number of rotatable bonds is 8. The molecule has 256 valence electrons. The average Bonchev–Trinajstić information content (AvgIpc) is 2.99. The van der Waals surface area contributed by atoms with Crippen molar-refractivity contribution in [3.05, 3.63) is 136 Å². The zero-order valence-electron chi connectivity index (χ0n) is 24.0. The number of halogens is 12. The molecule has 3 N–H and O–H groups in total. The molecule has 0 radical (unpaired) electrons.